The lowest BCUT2D eigenvalue weighted by Gasteiger charge is -2.20. The molecule has 0 aliphatic heterocycles. The van der Waals surface area contributed by atoms with Crippen LogP contribution in [-0.2, 0) is 6.54 Å². The molecule has 0 radical (unpaired) electrons. The molecule has 2 aromatic rings. The molecule has 142 valence electrons. The monoisotopic (exact) mass is 468 g/mol. The van der Waals surface area contributed by atoms with E-state index in [1.54, 1.807) is 7.05 Å². The molecular formula is C20H29IN4O. The summed E-state index contributed by atoms with van der Waals surface area (Å²) in [6, 6.07) is 18.4. The van der Waals surface area contributed by atoms with Crippen LogP contribution in [0.5, 0.6) is 5.75 Å². The third-order valence-electron chi connectivity index (χ3n) is 3.88. The quantitative estimate of drug-likeness (QED) is 0.354. The van der Waals surface area contributed by atoms with Gasteiger partial charge in [0.05, 0.1) is 6.61 Å². The Labute approximate surface area is 173 Å². The molecule has 2 aromatic carbocycles. The first kappa shape index (κ1) is 22.1. The summed E-state index contributed by atoms with van der Waals surface area (Å²) in [4.78, 5) is 6.50. The van der Waals surface area contributed by atoms with E-state index in [2.05, 4.69) is 57.9 Å². The molecule has 2 N–H and O–H groups in total. The van der Waals surface area contributed by atoms with Gasteiger partial charge in [-0.3, -0.25) is 4.99 Å². The minimum absolute atomic E-state index is 0. The SMILES string of the molecule is CCOc1ccccc1CNC(=NC)NCCN(C)c1ccccc1.I. The highest BCUT2D eigenvalue weighted by molar-refractivity contribution is 14.0. The Kier molecular flexibility index (Phi) is 10.5. The molecule has 0 fully saturated rings. The number of guanidine groups is 1. The highest BCUT2D eigenvalue weighted by atomic mass is 127. The van der Waals surface area contributed by atoms with Crippen molar-refractivity contribution in [2.24, 2.45) is 4.99 Å². The minimum atomic E-state index is 0. The van der Waals surface area contributed by atoms with Gasteiger partial charge in [-0.1, -0.05) is 36.4 Å². The van der Waals surface area contributed by atoms with Crippen LogP contribution >= 0.6 is 24.0 Å². The van der Waals surface area contributed by atoms with Crippen molar-refractivity contribution in [3.05, 3.63) is 60.2 Å². The van der Waals surface area contributed by atoms with E-state index in [1.807, 2.05) is 31.2 Å². The van der Waals surface area contributed by atoms with E-state index in [0.717, 1.165) is 30.4 Å². The van der Waals surface area contributed by atoms with E-state index in [1.165, 1.54) is 5.69 Å². The van der Waals surface area contributed by atoms with E-state index in [-0.39, 0.29) is 24.0 Å². The normalized spacial score (nSPS) is 10.7. The number of likely N-dealkylation sites (N-methyl/N-ethyl adjacent to an activating group) is 1. The predicted molar refractivity (Wildman–Crippen MR) is 121 cm³/mol. The van der Waals surface area contributed by atoms with Crippen molar-refractivity contribution in [2.75, 3.05) is 38.7 Å². The summed E-state index contributed by atoms with van der Waals surface area (Å²) in [6.07, 6.45) is 0. The van der Waals surface area contributed by atoms with Crippen molar-refractivity contribution in [1.29, 1.82) is 0 Å². The zero-order valence-electron chi connectivity index (χ0n) is 15.7. The maximum atomic E-state index is 5.66. The highest BCUT2D eigenvalue weighted by Gasteiger charge is 2.05. The van der Waals surface area contributed by atoms with Crippen molar-refractivity contribution in [3.63, 3.8) is 0 Å². The molecule has 0 atom stereocenters. The van der Waals surface area contributed by atoms with Gasteiger partial charge in [-0.25, -0.2) is 0 Å². The van der Waals surface area contributed by atoms with Crippen LogP contribution in [0.2, 0.25) is 0 Å². The van der Waals surface area contributed by atoms with Gasteiger partial charge in [0.2, 0.25) is 0 Å². The second kappa shape index (κ2) is 12.4. The van der Waals surface area contributed by atoms with E-state index in [0.29, 0.717) is 13.2 Å². The Hall–Kier alpha value is -1.96. The average molecular weight is 468 g/mol. The van der Waals surface area contributed by atoms with Crippen LogP contribution in [0.3, 0.4) is 0 Å². The van der Waals surface area contributed by atoms with Gasteiger partial charge >= 0.3 is 0 Å². The Bertz CT molecular complexity index is 664. The summed E-state index contributed by atoms with van der Waals surface area (Å²) in [7, 11) is 3.87. The van der Waals surface area contributed by atoms with Crippen molar-refractivity contribution >= 4 is 35.6 Å². The lowest BCUT2D eigenvalue weighted by atomic mass is 10.2. The molecule has 0 amide bonds. The standard InChI is InChI=1S/C20H28N4O.HI/c1-4-25-19-13-9-8-10-17(19)16-23-20(21-2)22-14-15-24(3)18-11-6-5-7-12-18;/h5-13H,4,14-16H2,1-3H3,(H2,21,22,23);1H. The van der Waals surface area contributed by atoms with E-state index in [4.69, 9.17) is 4.74 Å². The van der Waals surface area contributed by atoms with Gasteiger partial charge in [0.1, 0.15) is 5.75 Å². The molecule has 0 heterocycles. The molecule has 0 aromatic heterocycles. The number of hydrogen-bond acceptors (Lipinski definition) is 3. The van der Waals surface area contributed by atoms with Crippen LogP contribution in [0.15, 0.2) is 59.6 Å². The summed E-state index contributed by atoms with van der Waals surface area (Å²) >= 11 is 0. The van der Waals surface area contributed by atoms with Gasteiger partial charge in [-0.15, -0.1) is 24.0 Å². The van der Waals surface area contributed by atoms with Crippen LogP contribution in [0.4, 0.5) is 5.69 Å². The second-order valence-corrected chi connectivity index (χ2v) is 5.65. The first-order valence-electron chi connectivity index (χ1n) is 8.66. The fraction of sp³-hybridized carbons (Fsp3) is 0.350. The number of ether oxygens (including phenoxy) is 1. The van der Waals surface area contributed by atoms with Crippen molar-refractivity contribution in [1.82, 2.24) is 10.6 Å². The highest BCUT2D eigenvalue weighted by Crippen LogP contribution is 2.17. The number of benzene rings is 2. The summed E-state index contributed by atoms with van der Waals surface area (Å²) in [6.45, 7) is 5.02. The molecule has 0 aliphatic carbocycles. The average Bonchev–Trinajstić information content (AvgIpc) is 2.66. The number of nitrogens with one attached hydrogen (secondary N) is 2. The molecule has 0 bridgehead atoms. The minimum Gasteiger partial charge on any atom is -0.494 e. The molecule has 2 rings (SSSR count). The Balaban J connectivity index is 0.00000338. The summed E-state index contributed by atoms with van der Waals surface area (Å²) in [5, 5.41) is 6.69. The fourth-order valence-corrected chi connectivity index (χ4v) is 2.50. The maximum absolute atomic E-state index is 5.66. The first-order chi connectivity index (χ1) is 12.2. The first-order valence-corrected chi connectivity index (χ1v) is 8.66. The number of halogens is 1. The zero-order valence-corrected chi connectivity index (χ0v) is 18.1. The molecule has 0 saturated heterocycles. The van der Waals surface area contributed by atoms with Gasteiger partial charge in [0.15, 0.2) is 5.96 Å². The van der Waals surface area contributed by atoms with Crippen molar-refractivity contribution < 1.29 is 4.74 Å². The number of anilines is 1. The van der Waals surface area contributed by atoms with Gasteiger partial charge in [-0.2, -0.15) is 0 Å². The van der Waals surface area contributed by atoms with Crippen LogP contribution < -0.4 is 20.3 Å². The molecule has 0 unspecified atom stereocenters. The summed E-state index contributed by atoms with van der Waals surface area (Å²) < 4.78 is 5.66. The molecule has 5 nitrogen and oxygen atoms in total. The Morgan fingerprint density at radius 1 is 1.04 bits per heavy atom. The summed E-state index contributed by atoms with van der Waals surface area (Å²) in [5.74, 6) is 1.70. The van der Waals surface area contributed by atoms with E-state index >= 15 is 0 Å². The third kappa shape index (κ3) is 7.11. The number of hydrogen-bond donors (Lipinski definition) is 2. The predicted octanol–water partition coefficient (Wildman–Crippen LogP) is 3.50. The second-order valence-electron chi connectivity index (χ2n) is 5.65. The number of nitrogens with zero attached hydrogens (tertiary/aromatic N) is 2. The van der Waals surface area contributed by atoms with Gasteiger partial charge in [0, 0.05) is 45.0 Å². The number of para-hydroxylation sites is 2. The van der Waals surface area contributed by atoms with Gasteiger partial charge in [-0.05, 0) is 25.1 Å². The van der Waals surface area contributed by atoms with Gasteiger partial charge < -0.3 is 20.3 Å². The van der Waals surface area contributed by atoms with Crippen LogP contribution in [-0.4, -0.2) is 39.8 Å². The largest absolute Gasteiger partial charge is 0.494 e. The third-order valence-corrected chi connectivity index (χ3v) is 3.88. The fourth-order valence-electron chi connectivity index (χ4n) is 2.50. The smallest absolute Gasteiger partial charge is 0.191 e. The number of aliphatic imine (C=N–C) groups is 1. The molecule has 26 heavy (non-hydrogen) atoms. The van der Waals surface area contributed by atoms with Crippen LogP contribution in [0.25, 0.3) is 0 Å². The number of rotatable bonds is 8. The zero-order chi connectivity index (χ0) is 17.9. The lowest BCUT2D eigenvalue weighted by molar-refractivity contribution is 0.336. The van der Waals surface area contributed by atoms with Crippen molar-refractivity contribution in [2.45, 2.75) is 13.5 Å². The molecule has 0 spiro atoms. The lowest BCUT2D eigenvalue weighted by Crippen LogP contribution is -2.40. The van der Waals surface area contributed by atoms with E-state index < -0.39 is 0 Å². The Morgan fingerprint density at radius 2 is 1.73 bits per heavy atom. The van der Waals surface area contributed by atoms with Gasteiger partial charge in [0.25, 0.3) is 0 Å². The van der Waals surface area contributed by atoms with E-state index in [9.17, 15) is 0 Å². The van der Waals surface area contributed by atoms with Crippen LogP contribution in [0.1, 0.15) is 12.5 Å². The van der Waals surface area contributed by atoms with Crippen molar-refractivity contribution in [3.8, 4) is 5.75 Å². The topological polar surface area (TPSA) is 48.9 Å². The molecule has 6 heteroatoms. The maximum Gasteiger partial charge on any atom is 0.191 e. The Morgan fingerprint density at radius 3 is 2.42 bits per heavy atom. The molecule has 0 saturated carbocycles. The molecule has 0 aliphatic rings. The molecular weight excluding hydrogens is 439 g/mol. The van der Waals surface area contributed by atoms with Crippen LogP contribution in [0, 0.1) is 0 Å². The summed E-state index contributed by atoms with van der Waals surface area (Å²) in [5.41, 5.74) is 2.33.